The molecule has 1 heterocycles. The van der Waals surface area contributed by atoms with Crippen molar-refractivity contribution in [3.05, 3.63) is 24.3 Å². The van der Waals surface area contributed by atoms with Crippen LogP contribution < -0.4 is 33.3 Å². The molecular formula is C20H31ClN3O4-. The van der Waals surface area contributed by atoms with Crippen LogP contribution in [-0.2, 0) is 9.59 Å². The van der Waals surface area contributed by atoms with E-state index in [4.69, 9.17) is 9.94 Å². The van der Waals surface area contributed by atoms with Gasteiger partial charge in [-0.2, -0.15) is 0 Å². The summed E-state index contributed by atoms with van der Waals surface area (Å²) < 4.78 is 5.84. The molecule has 2 amide bonds. The molecule has 1 aliphatic heterocycles. The molecule has 0 bridgehead atoms. The summed E-state index contributed by atoms with van der Waals surface area (Å²) in [6.45, 7) is 1.47. The first-order chi connectivity index (χ1) is 13.2. The molecule has 1 atom stereocenters. The van der Waals surface area contributed by atoms with Crippen molar-refractivity contribution in [2.75, 3.05) is 18.5 Å². The second-order valence-electron chi connectivity index (χ2n) is 6.89. The van der Waals surface area contributed by atoms with E-state index in [1.54, 1.807) is 5.48 Å². The Morgan fingerprint density at radius 3 is 2.75 bits per heavy atom. The number of carbonyl (C=O) groups is 2. The fourth-order valence-corrected chi connectivity index (χ4v) is 3.15. The van der Waals surface area contributed by atoms with Gasteiger partial charge in [-0.25, -0.2) is 5.48 Å². The van der Waals surface area contributed by atoms with Crippen LogP contribution >= 0.6 is 0 Å². The van der Waals surface area contributed by atoms with Gasteiger partial charge in [0, 0.05) is 6.42 Å². The third-order valence-electron chi connectivity index (χ3n) is 4.70. The Bertz CT molecular complexity index is 601. The molecule has 0 fully saturated rings. The summed E-state index contributed by atoms with van der Waals surface area (Å²) in [5.41, 5.74) is 2.34. The van der Waals surface area contributed by atoms with E-state index in [2.05, 4.69) is 10.6 Å². The fraction of sp³-hybridized carbons (Fsp3) is 0.600. The molecule has 28 heavy (non-hydrogen) atoms. The molecule has 0 aromatic heterocycles. The minimum Gasteiger partial charge on any atom is -1.00 e. The highest BCUT2D eigenvalue weighted by Gasteiger charge is 2.19. The molecule has 2 rings (SSSR count). The average Bonchev–Trinajstić information content (AvgIpc) is 2.69. The predicted octanol–water partition coefficient (Wildman–Crippen LogP) is -0.00400. The lowest BCUT2D eigenvalue weighted by Crippen LogP contribution is -3.00. The van der Waals surface area contributed by atoms with Crippen LogP contribution in [0.15, 0.2) is 24.3 Å². The normalized spacial score (nSPS) is 18.0. The monoisotopic (exact) mass is 412 g/mol. The maximum Gasteiger partial charge on any atom is 0.243 e. The molecule has 4 N–H and O–H groups in total. The Hall–Kier alpha value is -1.83. The van der Waals surface area contributed by atoms with Gasteiger partial charge in [-0.05, 0) is 44.4 Å². The van der Waals surface area contributed by atoms with Crippen molar-refractivity contribution in [3.63, 3.8) is 0 Å². The van der Waals surface area contributed by atoms with Crippen molar-refractivity contribution in [1.29, 1.82) is 0 Å². The van der Waals surface area contributed by atoms with Crippen molar-refractivity contribution in [1.82, 2.24) is 10.8 Å². The molecule has 1 aromatic carbocycles. The van der Waals surface area contributed by atoms with Crippen LogP contribution in [0.5, 0.6) is 5.75 Å². The molecule has 1 aromatic rings. The van der Waals surface area contributed by atoms with E-state index in [9.17, 15) is 9.59 Å². The standard InChI is InChI=1S/C20H31N3O4.ClH/c24-19(23-26)13-5-3-4-11-17-20(25)22-16-10-6-7-12-18(16)27-15-9-2-1-8-14-21-17;/h6-7,10,12,17,21,26H,1-5,8-9,11,13-15H2,(H,22,25)(H,23,24);1H/p-1/t17-;/m0./s1. The number of anilines is 1. The molecule has 1 aliphatic rings. The van der Waals surface area contributed by atoms with Crippen molar-refractivity contribution in [3.8, 4) is 5.75 Å². The van der Waals surface area contributed by atoms with Crippen molar-refractivity contribution in [2.45, 2.75) is 63.8 Å². The summed E-state index contributed by atoms with van der Waals surface area (Å²) in [5.74, 6) is 0.279. The number of nitrogens with one attached hydrogen (secondary N) is 3. The zero-order valence-corrected chi connectivity index (χ0v) is 17.0. The number of unbranched alkanes of at least 4 members (excludes halogenated alkanes) is 2. The summed E-state index contributed by atoms with van der Waals surface area (Å²) in [5, 5.41) is 14.9. The number of hydrogen-bond acceptors (Lipinski definition) is 5. The van der Waals surface area contributed by atoms with Gasteiger partial charge in [0.2, 0.25) is 11.8 Å². The number of rotatable bonds is 6. The zero-order valence-electron chi connectivity index (χ0n) is 16.2. The van der Waals surface area contributed by atoms with Crippen LogP contribution in [0.1, 0.15) is 57.8 Å². The summed E-state index contributed by atoms with van der Waals surface area (Å²) in [6, 6.07) is 7.25. The Balaban J connectivity index is 0.00000392. The van der Waals surface area contributed by atoms with Crippen molar-refractivity contribution in [2.24, 2.45) is 0 Å². The third kappa shape index (κ3) is 8.91. The Morgan fingerprint density at radius 2 is 1.93 bits per heavy atom. The van der Waals surface area contributed by atoms with Gasteiger partial charge in [0.1, 0.15) is 5.75 Å². The number of carbonyl (C=O) groups excluding carboxylic acids is 2. The second-order valence-corrected chi connectivity index (χ2v) is 6.89. The number of hydrogen-bond donors (Lipinski definition) is 4. The Kier molecular flexibility index (Phi) is 12.3. The lowest BCUT2D eigenvalue weighted by Gasteiger charge is -2.19. The van der Waals surface area contributed by atoms with E-state index in [0.717, 1.165) is 45.1 Å². The summed E-state index contributed by atoms with van der Waals surface area (Å²) in [7, 11) is 0. The van der Waals surface area contributed by atoms with Crippen LogP contribution in [0.4, 0.5) is 5.69 Å². The van der Waals surface area contributed by atoms with Gasteiger partial charge in [-0.1, -0.05) is 37.8 Å². The molecule has 0 saturated heterocycles. The van der Waals surface area contributed by atoms with Gasteiger partial charge in [0.05, 0.1) is 18.3 Å². The Morgan fingerprint density at radius 1 is 1.14 bits per heavy atom. The van der Waals surface area contributed by atoms with E-state index in [1.807, 2.05) is 24.3 Å². The molecule has 0 spiro atoms. The lowest BCUT2D eigenvalue weighted by atomic mass is 10.1. The van der Waals surface area contributed by atoms with Crippen LogP contribution in [0.25, 0.3) is 0 Å². The molecule has 7 nitrogen and oxygen atoms in total. The fourth-order valence-electron chi connectivity index (χ4n) is 3.15. The van der Waals surface area contributed by atoms with Crippen molar-refractivity contribution >= 4 is 17.5 Å². The van der Waals surface area contributed by atoms with E-state index in [-0.39, 0.29) is 30.3 Å². The molecule has 0 radical (unpaired) electrons. The van der Waals surface area contributed by atoms with Gasteiger partial charge in [0.25, 0.3) is 0 Å². The minimum absolute atomic E-state index is 0. The van der Waals surface area contributed by atoms with Crippen LogP contribution in [-0.4, -0.2) is 36.2 Å². The maximum atomic E-state index is 12.8. The molecule has 158 valence electrons. The molecule has 8 heteroatoms. The number of hydroxylamine groups is 1. The largest absolute Gasteiger partial charge is 1.00 e. The molecule has 0 unspecified atom stereocenters. The van der Waals surface area contributed by atoms with E-state index in [0.29, 0.717) is 37.3 Å². The lowest BCUT2D eigenvalue weighted by molar-refractivity contribution is -0.129. The van der Waals surface area contributed by atoms with Crippen LogP contribution in [0.2, 0.25) is 0 Å². The van der Waals surface area contributed by atoms with Crippen molar-refractivity contribution < 1.29 is 31.9 Å². The number of benzene rings is 1. The van der Waals surface area contributed by atoms with Gasteiger partial charge < -0.3 is 27.8 Å². The first-order valence-electron chi connectivity index (χ1n) is 9.89. The second kappa shape index (κ2) is 14.2. The average molecular weight is 413 g/mol. The summed E-state index contributed by atoms with van der Waals surface area (Å²) in [4.78, 5) is 23.8. The predicted molar refractivity (Wildman–Crippen MR) is 104 cm³/mol. The molecule has 0 aliphatic carbocycles. The number of fused-ring (bicyclic) bond motifs is 1. The van der Waals surface area contributed by atoms with E-state index in [1.165, 1.54) is 0 Å². The summed E-state index contributed by atoms with van der Waals surface area (Å²) in [6.07, 6.45) is 7.63. The van der Waals surface area contributed by atoms with E-state index >= 15 is 0 Å². The van der Waals surface area contributed by atoms with Gasteiger partial charge in [0.15, 0.2) is 0 Å². The highest BCUT2D eigenvalue weighted by Crippen LogP contribution is 2.24. The third-order valence-corrected chi connectivity index (χ3v) is 4.70. The highest BCUT2D eigenvalue weighted by atomic mass is 35.5. The minimum atomic E-state index is -0.371. The first kappa shape index (κ1) is 24.2. The number of ether oxygens (including phenoxy) is 1. The quantitative estimate of drug-likeness (QED) is 0.299. The van der Waals surface area contributed by atoms with Crippen LogP contribution in [0, 0.1) is 0 Å². The summed E-state index contributed by atoms with van der Waals surface area (Å²) >= 11 is 0. The maximum absolute atomic E-state index is 12.8. The number of para-hydroxylation sites is 2. The van der Waals surface area contributed by atoms with Crippen LogP contribution in [0.3, 0.4) is 0 Å². The van der Waals surface area contributed by atoms with Gasteiger partial charge in [-0.3, -0.25) is 14.8 Å². The van der Waals surface area contributed by atoms with Gasteiger partial charge >= 0.3 is 0 Å². The Labute approximate surface area is 173 Å². The van der Waals surface area contributed by atoms with E-state index < -0.39 is 0 Å². The number of halogens is 1. The number of amides is 2. The highest BCUT2D eigenvalue weighted by molar-refractivity contribution is 5.96. The van der Waals surface area contributed by atoms with Gasteiger partial charge in [-0.15, -0.1) is 0 Å². The zero-order chi connectivity index (χ0) is 19.3. The topological polar surface area (TPSA) is 99.7 Å². The smallest absolute Gasteiger partial charge is 0.243 e. The SMILES string of the molecule is O=C(CCCCC[C@@H]1NCCCCCCOc2ccccc2NC1=O)NO.[Cl-]. The molecule has 0 saturated carbocycles. The first-order valence-corrected chi connectivity index (χ1v) is 9.89. The molecular weight excluding hydrogens is 382 g/mol.